The molecule has 3 aromatic rings. The number of carbonyl (C=O) groups excluding carboxylic acids is 1. The van der Waals surface area contributed by atoms with Gasteiger partial charge in [-0.25, -0.2) is 4.39 Å². The van der Waals surface area contributed by atoms with E-state index in [9.17, 15) is 32.3 Å². The van der Waals surface area contributed by atoms with Crippen LogP contribution in [-0.4, -0.2) is 16.9 Å². The third-order valence-electron chi connectivity index (χ3n) is 6.45. The Labute approximate surface area is 193 Å². The molecule has 0 radical (unpaired) electrons. The van der Waals surface area contributed by atoms with Gasteiger partial charge in [-0.05, 0) is 36.4 Å². The van der Waals surface area contributed by atoms with E-state index in [-0.39, 0.29) is 23.3 Å². The Morgan fingerprint density at radius 3 is 2.35 bits per heavy atom. The van der Waals surface area contributed by atoms with Crippen LogP contribution in [0.1, 0.15) is 53.6 Å². The van der Waals surface area contributed by atoms with E-state index in [1.54, 1.807) is 36.4 Å². The van der Waals surface area contributed by atoms with E-state index < -0.39 is 41.3 Å². The molecule has 1 aliphatic rings. The first-order valence-corrected chi connectivity index (χ1v) is 10.9. The van der Waals surface area contributed by atoms with Crippen LogP contribution in [0.5, 0.6) is 5.75 Å². The molecular weight excluding hydrogens is 452 g/mol. The molecule has 8 heteroatoms. The van der Waals surface area contributed by atoms with Crippen molar-refractivity contribution in [3.8, 4) is 5.75 Å². The molecule has 1 aliphatic carbocycles. The summed E-state index contributed by atoms with van der Waals surface area (Å²) in [6, 6.07) is 12.5. The molecule has 4 rings (SSSR count). The largest absolute Gasteiger partial charge is 0.487 e. The summed E-state index contributed by atoms with van der Waals surface area (Å²) in [5, 5.41) is 11.1. The second-order valence-corrected chi connectivity index (χ2v) is 8.65. The van der Waals surface area contributed by atoms with Gasteiger partial charge in [0.25, 0.3) is 0 Å². The Hall–Kier alpha value is -3.42. The molecule has 1 fully saturated rings. The Bertz CT molecular complexity index is 1240. The molecule has 0 atom stereocenters. The lowest BCUT2D eigenvalue weighted by atomic mass is 9.79. The number of hydrogen-bond donors (Lipinski definition) is 1. The van der Waals surface area contributed by atoms with E-state index in [1.165, 1.54) is 0 Å². The van der Waals surface area contributed by atoms with Crippen molar-refractivity contribution in [3.05, 3.63) is 77.1 Å². The summed E-state index contributed by atoms with van der Waals surface area (Å²) in [6.45, 7) is -0.400. The maximum Gasteiger partial charge on any atom is 0.416 e. The SMILES string of the molecule is O=C(CC1(C(=O)O)CCCC1)c1ccc2ccccc2c1OCc1ccc(C(F)(F)F)cc1F. The van der Waals surface area contributed by atoms with E-state index in [1.807, 2.05) is 0 Å². The standard InChI is InChI=1S/C26H22F4O4/c27-21-13-18(26(28,29)30)9-7-17(21)15-34-23-19-6-2-1-5-16(19)8-10-20(23)22(31)14-25(24(32)33)11-3-4-12-25/h1-2,5-10,13H,3-4,11-12,14-15H2,(H,32,33). The molecule has 178 valence electrons. The zero-order valence-corrected chi connectivity index (χ0v) is 18.1. The smallest absolute Gasteiger partial charge is 0.416 e. The maximum atomic E-state index is 14.4. The lowest BCUT2D eigenvalue weighted by molar-refractivity contribution is -0.148. The molecule has 0 aromatic heterocycles. The van der Waals surface area contributed by atoms with Crippen molar-refractivity contribution in [3.63, 3.8) is 0 Å². The van der Waals surface area contributed by atoms with Crippen molar-refractivity contribution in [1.29, 1.82) is 0 Å². The topological polar surface area (TPSA) is 63.6 Å². The minimum Gasteiger partial charge on any atom is -0.487 e. The number of ether oxygens (including phenoxy) is 1. The minimum absolute atomic E-state index is 0.0999. The second kappa shape index (κ2) is 9.08. The highest BCUT2D eigenvalue weighted by atomic mass is 19.4. The molecule has 0 aliphatic heterocycles. The van der Waals surface area contributed by atoms with Gasteiger partial charge >= 0.3 is 12.1 Å². The Kier molecular flexibility index (Phi) is 6.34. The fourth-order valence-electron chi connectivity index (χ4n) is 4.53. The molecule has 0 heterocycles. The third-order valence-corrected chi connectivity index (χ3v) is 6.45. The number of carboxylic acid groups (broad SMARTS) is 1. The van der Waals surface area contributed by atoms with Crippen LogP contribution in [0.15, 0.2) is 54.6 Å². The van der Waals surface area contributed by atoms with Crippen LogP contribution in [0, 0.1) is 11.2 Å². The number of benzene rings is 3. The van der Waals surface area contributed by atoms with Crippen LogP contribution in [0.25, 0.3) is 10.8 Å². The van der Waals surface area contributed by atoms with Crippen molar-refractivity contribution in [2.24, 2.45) is 5.41 Å². The van der Waals surface area contributed by atoms with E-state index >= 15 is 0 Å². The van der Waals surface area contributed by atoms with Gasteiger partial charge in [-0.1, -0.05) is 49.2 Å². The summed E-state index contributed by atoms with van der Waals surface area (Å²) in [6.07, 6.45) is -2.58. The summed E-state index contributed by atoms with van der Waals surface area (Å²) >= 11 is 0. The number of carbonyl (C=O) groups is 2. The quantitative estimate of drug-likeness (QED) is 0.302. The van der Waals surface area contributed by atoms with Crippen LogP contribution < -0.4 is 4.74 Å². The molecule has 0 unspecified atom stereocenters. The Balaban J connectivity index is 1.67. The summed E-state index contributed by atoms with van der Waals surface area (Å²) in [5.41, 5.74) is -2.17. The van der Waals surface area contributed by atoms with Gasteiger partial charge in [-0.2, -0.15) is 13.2 Å². The predicted octanol–water partition coefficient (Wildman–Crippen LogP) is 6.79. The molecule has 34 heavy (non-hydrogen) atoms. The molecule has 0 spiro atoms. The number of rotatable bonds is 7. The molecular formula is C26H22F4O4. The summed E-state index contributed by atoms with van der Waals surface area (Å²) < 4.78 is 58.7. The second-order valence-electron chi connectivity index (χ2n) is 8.65. The molecule has 1 N–H and O–H groups in total. The van der Waals surface area contributed by atoms with Gasteiger partial charge in [0.2, 0.25) is 0 Å². The summed E-state index contributed by atoms with van der Waals surface area (Å²) in [4.78, 5) is 25.2. The van der Waals surface area contributed by atoms with Gasteiger partial charge in [0.05, 0.1) is 16.5 Å². The number of Topliss-reactive ketones (excluding diaryl/α,β-unsaturated/α-hetero) is 1. The van der Waals surface area contributed by atoms with Crippen molar-refractivity contribution in [2.75, 3.05) is 0 Å². The number of carboxylic acids is 1. The lowest BCUT2D eigenvalue weighted by Gasteiger charge is -2.23. The van der Waals surface area contributed by atoms with E-state index in [4.69, 9.17) is 4.74 Å². The van der Waals surface area contributed by atoms with Gasteiger partial charge < -0.3 is 9.84 Å². The number of halogens is 4. The predicted molar refractivity (Wildman–Crippen MR) is 117 cm³/mol. The molecule has 1 saturated carbocycles. The monoisotopic (exact) mass is 474 g/mol. The van der Waals surface area contributed by atoms with Gasteiger partial charge in [0.1, 0.15) is 18.2 Å². The fraction of sp³-hybridized carbons (Fsp3) is 0.308. The number of ketones is 1. The van der Waals surface area contributed by atoms with E-state index in [0.717, 1.165) is 30.4 Å². The number of alkyl halides is 3. The maximum absolute atomic E-state index is 14.4. The number of aliphatic carboxylic acids is 1. The highest BCUT2D eigenvalue weighted by Gasteiger charge is 2.43. The number of fused-ring (bicyclic) bond motifs is 1. The van der Waals surface area contributed by atoms with Gasteiger partial charge in [-0.3, -0.25) is 9.59 Å². The van der Waals surface area contributed by atoms with Gasteiger partial charge in [0, 0.05) is 17.4 Å². The molecule has 0 saturated heterocycles. The highest BCUT2D eigenvalue weighted by Crippen LogP contribution is 2.43. The summed E-state index contributed by atoms with van der Waals surface area (Å²) in [7, 11) is 0. The van der Waals surface area contributed by atoms with Crippen molar-refractivity contribution >= 4 is 22.5 Å². The molecule has 0 amide bonds. The first-order valence-electron chi connectivity index (χ1n) is 10.9. The van der Waals surface area contributed by atoms with Crippen LogP contribution >= 0.6 is 0 Å². The first kappa shape index (κ1) is 23.7. The van der Waals surface area contributed by atoms with Gasteiger partial charge in [-0.15, -0.1) is 0 Å². The van der Waals surface area contributed by atoms with Crippen LogP contribution in [0.2, 0.25) is 0 Å². The van der Waals surface area contributed by atoms with Crippen LogP contribution in [0.4, 0.5) is 17.6 Å². The highest BCUT2D eigenvalue weighted by molar-refractivity contribution is 6.06. The van der Waals surface area contributed by atoms with Crippen LogP contribution in [-0.2, 0) is 17.6 Å². The molecule has 4 nitrogen and oxygen atoms in total. The summed E-state index contributed by atoms with van der Waals surface area (Å²) in [5.74, 6) is -2.33. The number of hydrogen-bond acceptors (Lipinski definition) is 3. The molecule has 3 aromatic carbocycles. The van der Waals surface area contributed by atoms with E-state index in [0.29, 0.717) is 24.3 Å². The lowest BCUT2D eigenvalue weighted by Crippen LogP contribution is -2.30. The van der Waals surface area contributed by atoms with Crippen molar-refractivity contribution < 1.29 is 37.0 Å². The van der Waals surface area contributed by atoms with Crippen LogP contribution in [0.3, 0.4) is 0 Å². The zero-order chi connectivity index (χ0) is 24.5. The average Bonchev–Trinajstić information content (AvgIpc) is 3.27. The third kappa shape index (κ3) is 4.62. The first-order chi connectivity index (χ1) is 16.1. The minimum atomic E-state index is -4.67. The normalized spacial score (nSPS) is 15.4. The van der Waals surface area contributed by atoms with Gasteiger partial charge in [0.15, 0.2) is 5.78 Å². The Morgan fingerprint density at radius 2 is 1.71 bits per heavy atom. The van der Waals surface area contributed by atoms with E-state index in [2.05, 4.69) is 0 Å². The van der Waals surface area contributed by atoms with Crippen molar-refractivity contribution in [1.82, 2.24) is 0 Å². The average molecular weight is 474 g/mol. The fourth-order valence-corrected chi connectivity index (χ4v) is 4.53. The molecule has 0 bridgehead atoms. The van der Waals surface area contributed by atoms with Crippen molar-refractivity contribution in [2.45, 2.75) is 44.9 Å². The zero-order valence-electron chi connectivity index (χ0n) is 18.1. The Morgan fingerprint density at radius 1 is 1.00 bits per heavy atom.